The molecule has 1 aromatic rings. The van der Waals surface area contributed by atoms with Crippen molar-refractivity contribution in [2.24, 2.45) is 5.92 Å². The molecule has 1 aromatic carbocycles. The Labute approximate surface area is 117 Å². The van der Waals surface area contributed by atoms with Gasteiger partial charge in [-0.05, 0) is 30.9 Å². The van der Waals surface area contributed by atoms with Gasteiger partial charge in [0.1, 0.15) is 17.3 Å². The molecule has 2 amide bonds. The van der Waals surface area contributed by atoms with Gasteiger partial charge >= 0.3 is 6.03 Å². The molecule has 1 unspecified atom stereocenters. The van der Waals surface area contributed by atoms with Crippen LogP contribution >= 0.6 is 0 Å². The molecule has 3 N–H and O–H groups in total. The second kappa shape index (κ2) is 8.47. The molecule has 0 radical (unpaired) electrons. The second-order valence-electron chi connectivity index (χ2n) is 4.60. The summed E-state index contributed by atoms with van der Waals surface area (Å²) in [5.41, 5.74) is -0.459. The van der Waals surface area contributed by atoms with Crippen LogP contribution < -0.4 is 10.6 Å². The van der Waals surface area contributed by atoms with Crippen LogP contribution in [0, 0.1) is 17.6 Å². The van der Waals surface area contributed by atoms with Crippen molar-refractivity contribution in [2.45, 2.75) is 26.2 Å². The molecule has 0 aliphatic rings. The zero-order valence-electron chi connectivity index (χ0n) is 11.5. The first-order valence-electron chi connectivity index (χ1n) is 6.68. The Balaban J connectivity index is 2.51. The largest absolute Gasteiger partial charge is 0.396 e. The lowest BCUT2D eigenvalue weighted by molar-refractivity contribution is 0.236. The van der Waals surface area contributed by atoms with Gasteiger partial charge in [-0.3, -0.25) is 0 Å². The van der Waals surface area contributed by atoms with Crippen LogP contribution in [0.5, 0.6) is 0 Å². The van der Waals surface area contributed by atoms with Crippen molar-refractivity contribution in [3.63, 3.8) is 0 Å². The third-order valence-corrected chi connectivity index (χ3v) is 2.99. The van der Waals surface area contributed by atoms with Gasteiger partial charge in [-0.2, -0.15) is 0 Å². The molecule has 20 heavy (non-hydrogen) atoms. The third kappa shape index (κ3) is 5.13. The molecule has 0 saturated carbocycles. The van der Waals surface area contributed by atoms with E-state index in [4.69, 9.17) is 5.11 Å². The zero-order valence-corrected chi connectivity index (χ0v) is 11.5. The lowest BCUT2D eigenvalue weighted by Crippen LogP contribution is -2.34. The van der Waals surface area contributed by atoms with Crippen LogP contribution in [0.15, 0.2) is 18.2 Å². The summed E-state index contributed by atoms with van der Waals surface area (Å²) in [5.74, 6) is -1.48. The molecule has 0 fully saturated rings. The minimum Gasteiger partial charge on any atom is -0.396 e. The number of para-hydroxylation sites is 1. The van der Waals surface area contributed by atoms with E-state index in [1.54, 1.807) is 0 Å². The number of hydrogen-bond acceptors (Lipinski definition) is 2. The van der Waals surface area contributed by atoms with Crippen LogP contribution in [0.3, 0.4) is 0 Å². The number of aliphatic hydroxyl groups excluding tert-OH is 1. The molecule has 0 saturated heterocycles. The topological polar surface area (TPSA) is 61.4 Å². The van der Waals surface area contributed by atoms with Gasteiger partial charge in [0.05, 0.1) is 0 Å². The number of carbonyl (C=O) groups excluding carboxylic acids is 1. The third-order valence-electron chi connectivity index (χ3n) is 2.99. The highest BCUT2D eigenvalue weighted by Gasteiger charge is 2.13. The summed E-state index contributed by atoms with van der Waals surface area (Å²) in [6.07, 6.45) is 2.40. The maximum Gasteiger partial charge on any atom is 0.319 e. The summed E-state index contributed by atoms with van der Waals surface area (Å²) >= 11 is 0. The quantitative estimate of drug-likeness (QED) is 0.721. The highest BCUT2D eigenvalue weighted by Crippen LogP contribution is 2.17. The Morgan fingerprint density at radius 2 is 1.95 bits per heavy atom. The van der Waals surface area contributed by atoms with Crippen LogP contribution in [-0.4, -0.2) is 24.3 Å². The molecule has 0 heterocycles. The zero-order chi connectivity index (χ0) is 15.0. The smallest absolute Gasteiger partial charge is 0.319 e. The van der Waals surface area contributed by atoms with E-state index in [0.29, 0.717) is 13.0 Å². The number of rotatable bonds is 7. The van der Waals surface area contributed by atoms with Gasteiger partial charge < -0.3 is 15.7 Å². The molecular formula is C14H20F2N2O2. The highest BCUT2D eigenvalue weighted by molar-refractivity contribution is 5.89. The molecule has 0 aliphatic heterocycles. The van der Waals surface area contributed by atoms with Gasteiger partial charge in [-0.15, -0.1) is 0 Å². The van der Waals surface area contributed by atoms with E-state index in [2.05, 4.69) is 10.6 Å². The average molecular weight is 286 g/mol. The SMILES string of the molecule is CCCC(CCO)CNC(=O)Nc1c(F)cccc1F. The Kier molecular flexibility index (Phi) is 6.93. The van der Waals surface area contributed by atoms with Gasteiger partial charge in [0.15, 0.2) is 0 Å². The molecular weight excluding hydrogens is 266 g/mol. The first-order valence-corrected chi connectivity index (χ1v) is 6.68. The van der Waals surface area contributed by atoms with Crippen molar-refractivity contribution < 1.29 is 18.7 Å². The Bertz CT molecular complexity index is 415. The fraction of sp³-hybridized carbons (Fsp3) is 0.500. The molecule has 112 valence electrons. The van der Waals surface area contributed by atoms with E-state index >= 15 is 0 Å². The highest BCUT2D eigenvalue weighted by atomic mass is 19.1. The molecule has 0 aromatic heterocycles. The van der Waals surface area contributed by atoms with E-state index < -0.39 is 23.4 Å². The predicted octanol–water partition coefficient (Wildman–Crippen LogP) is 2.89. The Morgan fingerprint density at radius 1 is 1.30 bits per heavy atom. The molecule has 0 aliphatic carbocycles. The van der Waals surface area contributed by atoms with E-state index in [1.807, 2.05) is 6.92 Å². The molecule has 1 atom stereocenters. The van der Waals surface area contributed by atoms with E-state index in [1.165, 1.54) is 6.07 Å². The van der Waals surface area contributed by atoms with E-state index in [9.17, 15) is 13.6 Å². The van der Waals surface area contributed by atoms with Crippen molar-refractivity contribution >= 4 is 11.7 Å². The minimum absolute atomic E-state index is 0.0515. The summed E-state index contributed by atoms with van der Waals surface area (Å²) in [5, 5.41) is 13.6. The molecule has 6 heteroatoms. The Morgan fingerprint density at radius 3 is 2.50 bits per heavy atom. The van der Waals surface area contributed by atoms with Crippen molar-refractivity contribution in [1.29, 1.82) is 0 Å². The summed E-state index contributed by atoms with van der Waals surface area (Å²) in [7, 11) is 0. The summed E-state index contributed by atoms with van der Waals surface area (Å²) in [4.78, 5) is 11.6. The number of hydrogen-bond donors (Lipinski definition) is 3. The van der Waals surface area contributed by atoms with Gasteiger partial charge in [-0.1, -0.05) is 19.4 Å². The molecule has 4 nitrogen and oxygen atoms in total. The number of anilines is 1. The normalized spacial score (nSPS) is 12.0. The lowest BCUT2D eigenvalue weighted by atomic mass is 10.0. The van der Waals surface area contributed by atoms with Gasteiger partial charge in [0.25, 0.3) is 0 Å². The predicted molar refractivity (Wildman–Crippen MR) is 73.5 cm³/mol. The number of aliphatic hydroxyl groups is 1. The fourth-order valence-electron chi connectivity index (χ4n) is 1.95. The van der Waals surface area contributed by atoms with Crippen LogP contribution in [-0.2, 0) is 0 Å². The first kappa shape index (κ1) is 16.4. The van der Waals surface area contributed by atoms with Crippen LogP contribution in [0.1, 0.15) is 26.2 Å². The molecule has 0 bridgehead atoms. The number of nitrogens with one attached hydrogen (secondary N) is 2. The van der Waals surface area contributed by atoms with Crippen LogP contribution in [0.2, 0.25) is 0 Å². The lowest BCUT2D eigenvalue weighted by Gasteiger charge is -2.16. The van der Waals surface area contributed by atoms with Crippen molar-refractivity contribution in [2.75, 3.05) is 18.5 Å². The summed E-state index contributed by atoms with van der Waals surface area (Å²) < 4.78 is 26.7. The van der Waals surface area contributed by atoms with Crippen molar-refractivity contribution in [1.82, 2.24) is 5.32 Å². The maximum absolute atomic E-state index is 13.3. The second-order valence-corrected chi connectivity index (χ2v) is 4.60. The minimum atomic E-state index is -0.819. The number of benzene rings is 1. The molecule has 1 rings (SSSR count). The summed E-state index contributed by atoms with van der Waals surface area (Å²) in [6, 6.07) is 2.72. The number of urea groups is 1. The van der Waals surface area contributed by atoms with Gasteiger partial charge in [0, 0.05) is 13.2 Å². The van der Waals surface area contributed by atoms with Crippen LogP contribution in [0.4, 0.5) is 19.3 Å². The van der Waals surface area contributed by atoms with E-state index in [0.717, 1.165) is 25.0 Å². The van der Waals surface area contributed by atoms with E-state index in [-0.39, 0.29) is 12.5 Å². The maximum atomic E-state index is 13.3. The standard InChI is InChI=1S/C14H20F2N2O2/c1-2-4-10(7-8-19)9-17-14(20)18-13-11(15)5-3-6-12(13)16/h3,5-6,10,19H,2,4,7-9H2,1H3,(H2,17,18,20). The number of amides is 2. The van der Waals surface area contributed by atoms with Gasteiger partial charge in [-0.25, -0.2) is 13.6 Å². The first-order chi connectivity index (χ1) is 9.58. The van der Waals surface area contributed by atoms with Gasteiger partial charge in [0.2, 0.25) is 0 Å². The average Bonchev–Trinajstić information content (AvgIpc) is 2.41. The molecule has 0 spiro atoms. The monoisotopic (exact) mass is 286 g/mol. The van der Waals surface area contributed by atoms with Crippen molar-refractivity contribution in [3.05, 3.63) is 29.8 Å². The Hall–Kier alpha value is -1.69. The number of halogens is 2. The number of carbonyl (C=O) groups is 1. The van der Waals surface area contributed by atoms with Crippen LogP contribution in [0.25, 0.3) is 0 Å². The fourth-order valence-corrected chi connectivity index (χ4v) is 1.95. The van der Waals surface area contributed by atoms with Crippen molar-refractivity contribution in [3.8, 4) is 0 Å². The summed E-state index contributed by atoms with van der Waals surface area (Å²) in [6.45, 7) is 2.42.